The Bertz CT molecular complexity index is 1510. The number of nitrogens with one attached hydrogen (secondary N) is 1. The summed E-state index contributed by atoms with van der Waals surface area (Å²) in [4.78, 5) is 45.8. The van der Waals surface area contributed by atoms with Crippen LogP contribution in [0.4, 0.5) is 16.4 Å². The molecular formula is C28H32N6O6. The molecule has 3 atom stereocenters. The summed E-state index contributed by atoms with van der Waals surface area (Å²) in [6.45, 7) is 1.90. The number of aromatic nitrogens is 2. The fourth-order valence-electron chi connectivity index (χ4n) is 5.79. The summed E-state index contributed by atoms with van der Waals surface area (Å²) in [5, 5.41) is 3.65. The highest BCUT2D eigenvalue weighted by Gasteiger charge is 2.47. The molecule has 6 rings (SSSR count). The largest absolute Gasteiger partial charge is 0.492 e. The number of carbonyl (C=O) groups excluding carboxylic acids is 2. The van der Waals surface area contributed by atoms with Gasteiger partial charge in [-0.05, 0) is 62.0 Å². The quantitative estimate of drug-likeness (QED) is 0.432. The molecule has 1 aliphatic carbocycles. The standard InChI is InChI=1S/C28H32N6O6/c1-32(11-12-33-20-15-19(38-13-10-29)5-2-17(20)3-9-26(33)36)18-4-6-22-21(14-18)34(28(37)40-22)24-8-7-23-27(30-24)31-25(35)16-39-23/h2-3,5,7-9,15,18,21-22H,4,6,10-14,16,29H2,1H3,(H,30,31,35)/t18-,21+,22+/m0/s1. The summed E-state index contributed by atoms with van der Waals surface area (Å²) in [6.07, 6.45) is 1.61. The summed E-state index contributed by atoms with van der Waals surface area (Å²) < 4.78 is 18.6. The maximum Gasteiger partial charge on any atom is 0.416 e. The zero-order chi connectivity index (χ0) is 27.8. The van der Waals surface area contributed by atoms with Crippen LogP contribution in [0.1, 0.15) is 19.3 Å². The minimum absolute atomic E-state index is 0.0629. The van der Waals surface area contributed by atoms with Crippen molar-refractivity contribution in [2.75, 3.05) is 43.6 Å². The maximum absolute atomic E-state index is 12.9. The van der Waals surface area contributed by atoms with Crippen molar-refractivity contribution in [2.24, 2.45) is 5.73 Å². The van der Waals surface area contributed by atoms with Crippen LogP contribution in [0, 0.1) is 0 Å². The van der Waals surface area contributed by atoms with Gasteiger partial charge in [0.1, 0.15) is 24.3 Å². The van der Waals surface area contributed by atoms with Gasteiger partial charge in [0.25, 0.3) is 11.5 Å². The summed E-state index contributed by atoms with van der Waals surface area (Å²) in [5.74, 6) is 1.57. The molecule has 210 valence electrons. The Kier molecular flexibility index (Phi) is 7.03. The molecule has 2 aliphatic heterocycles. The van der Waals surface area contributed by atoms with E-state index in [1.54, 1.807) is 27.7 Å². The van der Waals surface area contributed by atoms with E-state index in [0.29, 0.717) is 55.8 Å². The van der Waals surface area contributed by atoms with E-state index in [1.807, 2.05) is 31.3 Å². The van der Waals surface area contributed by atoms with Crippen molar-refractivity contribution in [3.8, 4) is 11.5 Å². The first-order valence-electron chi connectivity index (χ1n) is 13.5. The first-order valence-corrected chi connectivity index (χ1v) is 13.5. The van der Waals surface area contributed by atoms with Gasteiger partial charge in [0.2, 0.25) is 0 Å². The van der Waals surface area contributed by atoms with Crippen LogP contribution >= 0.6 is 0 Å². The van der Waals surface area contributed by atoms with Gasteiger partial charge in [-0.25, -0.2) is 9.78 Å². The number of nitrogens with zero attached hydrogens (tertiary/aromatic N) is 4. The maximum atomic E-state index is 12.9. The summed E-state index contributed by atoms with van der Waals surface area (Å²) in [6, 6.07) is 12.5. The van der Waals surface area contributed by atoms with Crippen molar-refractivity contribution in [3.05, 3.63) is 52.8 Å². The van der Waals surface area contributed by atoms with Crippen LogP contribution < -0.4 is 31.0 Å². The van der Waals surface area contributed by atoms with Gasteiger partial charge in [0.15, 0.2) is 18.2 Å². The van der Waals surface area contributed by atoms with Crippen LogP contribution in [-0.4, -0.2) is 78.0 Å². The molecule has 0 bridgehead atoms. The van der Waals surface area contributed by atoms with Crippen molar-refractivity contribution < 1.29 is 23.8 Å². The molecule has 40 heavy (non-hydrogen) atoms. The lowest BCUT2D eigenvalue weighted by atomic mass is 9.87. The van der Waals surface area contributed by atoms with Crippen LogP contribution in [0.25, 0.3) is 10.9 Å². The number of anilines is 2. The van der Waals surface area contributed by atoms with Gasteiger partial charge in [-0.1, -0.05) is 0 Å². The van der Waals surface area contributed by atoms with Crippen LogP contribution in [0.3, 0.4) is 0 Å². The van der Waals surface area contributed by atoms with E-state index in [-0.39, 0.29) is 36.3 Å². The highest BCUT2D eigenvalue weighted by molar-refractivity contribution is 5.95. The molecule has 12 nitrogen and oxygen atoms in total. The molecular weight excluding hydrogens is 516 g/mol. The van der Waals surface area contributed by atoms with Crippen molar-refractivity contribution in [1.29, 1.82) is 0 Å². The summed E-state index contributed by atoms with van der Waals surface area (Å²) in [5.41, 5.74) is 6.31. The number of ether oxygens (including phenoxy) is 3. The first kappa shape index (κ1) is 26.1. The highest BCUT2D eigenvalue weighted by atomic mass is 16.6. The molecule has 3 aliphatic rings. The molecule has 0 unspecified atom stereocenters. The normalized spacial score (nSPS) is 22.0. The van der Waals surface area contributed by atoms with E-state index in [2.05, 4.69) is 15.2 Å². The number of carbonyl (C=O) groups is 2. The molecule has 3 aromatic rings. The van der Waals surface area contributed by atoms with Gasteiger partial charge in [0, 0.05) is 37.8 Å². The second-order valence-electron chi connectivity index (χ2n) is 10.3. The number of nitrogens with two attached hydrogens (primary N) is 1. The molecule has 3 N–H and O–H groups in total. The number of hydrogen-bond acceptors (Lipinski definition) is 9. The second-order valence-corrected chi connectivity index (χ2v) is 10.3. The van der Waals surface area contributed by atoms with Gasteiger partial charge in [-0.2, -0.15) is 0 Å². The number of fused-ring (bicyclic) bond motifs is 3. The Morgan fingerprint density at radius 3 is 2.85 bits per heavy atom. The molecule has 0 spiro atoms. The van der Waals surface area contributed by atoms with Gasteiger partial charge in [-0.3, -0.25) is 14.5 Å². The lowest BCUT2D eigenvalue weighted by Crippen LogP contribution is -2.48. The molecule has 2 fully saturated rings. The smallest absolute Gasteiger partial charge is 0.416 e. The Balaban J connectivity index is 1.17. The molecule has 4 heterocycles. The van der Waals surface area contributed by atoms with Crippen LogP contribution in [0.2, 0.25) is 0 Å². The Labute approximate surface area is 230 Å². The van der Waals surface area contributed by atoms with Crippen molar-refractivity contribution in [1.82, 2.24) is 14.5 Å². The van der Waals surface area contributed by atoms with Crippen LogP contribution in [-0.2, 0) is 16.1 Å². The van der Waals surface area contributed by atoms with Crippen LogP contribution in [0.15, 0.2) is 47.3 Å². The van der Waals surface area contributed by atoms with Gasteiger partial charge < -0.3 is 34.7 Å². The van der Waals surface area contributed by atoms with E-state index in [9.17, 15) is 14.4 Å². The number of amides is 2. The minimum atomic E-state index is -0.441. The predicted octanol–water partition coefficient (Wildman–Crippen LogP) is 1.94. The van der Waals surface area contributed by atoms with Crippen LogP contribution in [0.5, 0.6) is 11.5 Å². The molecule has 1 aromatic carbocycles. The van der Waals surface area contributed by atoms with E-state index < -0.39 is 6.09 Å². The SMILES string of the molecule is CN(CCn1c(=O)ccc2ccc(OCCN)cc21)[C@H]1CC[C@H]2OC(=O)N(c3ccc4c(n3)NC(=O)CO4)[C@@H]2C1. The highest BCUT2D eigenvalue weighted by Crippen LogP contribution is 2.38. The third kappa shape index (κ3) is 4.95. The Morgan fingerprint density at radius 2 is 2.00 bits per heavy atom. The van der Waals surface area contributed by atoms with Gasteiger partial charge in [0.05, 0.1) is 11.6 Å². The molecule has 1 saturated heterocycles. The molecule has 2 amide bonds. The third-order valence-electron chi connectivity index (χ3n) is 7.87. The van der Waals surface area contributed by atoms with E-state index >= 15 is 0 Å². The number of rotatable bonds is 8. The second kappa shape index (κ2) is 10.8. The molecule has 12 heteroatoms. The topological polar surface area (TPSA) is 141 Å². The first-order chi connectivity index (χ1) is 19.4. The van der Waals surface area contributed by atoms with Crippen molar-refractivity contribution in [3.63, 3.8) is 0 Å². The monoisotopic (exact) mass is 548 g/mol. The fraction of sp³-hybridized carbons (Fsp3) is 0.429. The average Bonchev–Trinajstić information content (AvgIpc) is 3.29. The van der Waals surface area contributed by atoms with Crippen molar-refractivity contribution in [2.45, 2.75) is 44.0 Å². The summed E-state index contributed by atoms with van der Waals surface area (Å²) >= 11 is 0. The lowest BCUT2D eigenvalue weighted by molar-refractivity contribution is -0.118. The lowest BCUT2D eigenvalue weighted by Gasteiger charge is -2.37. The number of hydrogen-bond donors (Lipinski definition) is 2. The molecule has 1 saturated carbocycles. The van der Waals surface area contributed by atoms with E-state index in [1.165, 1.54) is 0 Å². The summed E-state index contributed by atoms with van der Waals surface area (Å²) in [7, 11) is 2.04. The zero-order valence-electron chi connectivity index (χ0n) is 22.2. The molecule has 2 aromatic heterocycles. The number of likely N-dealkylation sites (N-methyl/N-ethyl adjacent to an activating group) is 1. The fourth-order valence-corrected chi connectivity index (χ4v) is 5.79. The van der Waals surface area contributed by atoms with Crippen molar-refractivity contribution >= 4 is 34.5 Å². The minimum Gasteiger partial charge on any atom is -0.492 e. The predicted molar refractivity (Wildman–Crippen MR) is 148 cm³/mol. The molecule has 0 radical (unpaired) electrons. The third-order valence-corrected chi connectivity index (χ3v) is 7.87. The number of pyridine rings is 2. The number of benzene rings is 1. The average molecular weight is 549 g/mol. The zero-order valence-corrected chi connectivity index (χ0v) is 22.2. The Hall–Kier alpha value is -4.16. The van der Waals surface area contributed by atoms with E-state index in [4.69, 9.17) is 19.9 Å². The van der Waals surface area contributed by atoms with Gasteiger partial charge >= 0.3 is 6.09 Å². The van der Waals surface area contributed by atoms with E-state index in [0.717, 1.165) is 23.7 Å². The Morgan fingerprint density at radius 1 is 1.15 bits per heavy atom. The van der Waals surface area contributed by atoms with Gasteiger partial charge in [-0.15, -0.1) is 0 Å².